The van der Waals surface area contributed by atoms with Gasteiger partial charge in [-0.3, -0.25) is 0 Å². The molecule has 0 radical (unpaired) electrons. The smallest absolute Gasteiger partial charge is 0.0502 e. The Balaban J connectivity index is 0.00000129. The van der Waals surface area contributed by atoms with Crippen LogP contribution in [0.5, 0.6) is 0 Å². The van der Waals surface area contributed by atoms with Crippen LogP contribution in [0.15, 0.2) is 0 Å². The van der Waals surface area contributed by atoms with Gasteiger partial charge in [0.25, 0.3) is 0 Å². The molecule has 0 aromatic carbocycles. The van der Waals surface area contributed by atoms with Gasteiger partial charge in [-0.2, -0.15) is 49.6 Å². The fourth-order valence-electron chi connectivity index (χ4n) is 21.0. The lowest BCUT2D eigenvalue weighted by Gasteiger charge is -2.39. The van der Waals surface area contributed by atoms with Gasteiger partial charge in [-0.15, -0.1) is 48.2 Å². The quantitative estimate of drug-likeness (QED) is 0.0241. The average molecular weight is 1680 g/mol. The van der Waals surface area contributed by atoms with Gasteiger partial charge >= 0.3 is 0 Å². The van der Waals surface area contributed by atoms with Crippen LogP contribution in [0.2, 0.25) is 0 Å². The van der Waals surface area contributed by atoms with Crippen molar-refractivity contribution in [3.63, 3.8) is 0 Å². The minimum absolute atomic E-state index is 0.441. The van der Waals surface area contributed by atoms with Crippen molar-refractivity contribution in [3.05, 3.63) is 0 Å². The third kappa shape index (κ3) is 55.2. The summed E-state index contributed by atoms with van der Waals surface area (Å²) in [6.07, 6.45) is 77.8. The molecule has 5 aliphatic rings. The Labute approximate surface area is 742 Å². The van der Waals surface area contributed by atoms with E-state index in [9.17, 15) is 0 Å². The number of unbranched alkanes of at least 4 members (excludes halogenated alkanes) is 4. The fourth-order valence-corrected chi connectivity index (χ4v) is 26.5. The van der Waals surface area contributed by atoms with E-state index in [1.165, 1.54) is 306 Å². The maximum atomic E-state index is 4.95. The minimum atomic E-state index is 0.441. The summed E-state index contributed by atoms with van der Waals surface area (Å²) < 4.78 is 0.780. The van der Waals surface area contributed by atoms with Crippen molar-refractivity contribution in [1.29, 1.82) is 0 Å². The standard InChI is InChI=1S/C88H170S3.C12H24S3.C7H8/c1-81(2,3)52-41-68-35-39-73(76(64-68)47-58-87(19,20)21)49-61-90-80(91-62-50-74-40-36-69(42-53-82(4,5)6)65-77(74)48-59-88(22,23)24)32-27-25-26-30-79(31-28-29-67-33-37-71(44-55-84(10,11)12)75(63-67)46-57-86(16,17)18)89-60-51-78-66-70(43-54-83(7,8)9)34-38-72(78)45-56-85(13,14)15;13-6-3-10-1-2-11(4-7-14)12(9-10)5-8-15;1-3-5-7-6-4-2/h67-80H,25-66H2,1-24H3;10-15H,1-9H2;1-2H,5-7H2. The van der Waals surface area contributed by atoms with E-state index in [1.54, 1.807) is 0 Å². The molecule has 5 fully saturated rings. The molecule has 0 spiro atoms. The SMILES string of the molecule is C#CCCCC#C.CC(C)(C)CCC1CCC(CCC(C)(C)C)C(CCSC(CCCCCC(SCCC2CCC(CCC(C)(C)C)CC2CCC(C)(C)C)SCCC2CCC(CCC(C)(C)C)CC2CCC(C)(C)C)CCCC2CCC(CCC(C)(C)C)C(CCC(C)(C)C)C2)C1.SCCC1CCC(CCS)C(CCS)C1. The monoisotopic (exact) mass is 1680 g/mol. The Morgan fingerprint density at radius 2 is 0.504 bits per heavy atom. The first-order chi connectivity index (χ1) is 52.8. The van der Waals surface area contributed by atoms with Crippen molar-refractivity contribution in [3.8, 4) is 24.7 Å². The number of hydrogen-bond acceptors (Lipinski definition) is 6. The van der Waals surface area contributed by atoms with Crippen LogP contribution in [-0.2, 0) is 0 Å². The largest absolute Gasteiger partial charge is 0.179 e. The van der Waals surface area contributed by atoms with Crippen molar-refractivity contribution < 1.29 is 0 Å². The molecule has 16 atom stereocenters. The lowest BCUT2D eigenvalue weighted by Crippen LogP contribution is -2.27. The highest BCUT2D eigenvalue weighted by atomic mass is 32.2. The van der Waals surface area contributed by atoms with Crippen molar-refractivity contribution in [2.75, 3.05) is 34.5 Å². The topological polar surface area (TPSA) is 0 Å². The van der Waals surface area contributed by atoms with Crippen LogP contribution in [0.4, 0.5) is 0 Å². The predicted octanol–water partition coefficient (Wildman–Crippen LogP) is 36.3. The molecule has 0 heterocycles. The Morgan fingerprint density at radius 1 is 0.257 bits per heavy atom. The van der Waals surface area contributed by atoms with E-state index < -0.39 is 0 Å². The normalized spacial score (nSPS) is 27.1. The third-order valence-electron chi connectivity index (χ3n) is 28.7. The Hall–Kier alpha value is 1.22. The third-order valence-corrected chi connectivity index (χ3v) is 33.8. The van der Waals surface area contributed by atoms with Gasteiger partial charge in [0.05, 0.1) is 4.58 Å². The molecular weight excluding hydrogens is 1480 g/mol. The van der Waals surface area contributed by atoms with Gasteiger partial charge in [-0.1, -0.05) is 230 Å². The molecule has 0 bridgehead atoms. The van der Waals surface area contributed by atoms with Crippen LogP contribution in [0.1, 0.15) is 474 Å². The summed E-state index contributed by atoms with van der Waals surface area (Å²) in [5.41, 5.74) is 3.61. The van der Waals surface area contributed by atoms with E-state index in [4.69, 9.17) is 12.8 Å². The van der Waals surface area contributed by atoms with Crippen LogP contribution in [-0.4, -0.2) is 44.3 Å². The van der Waals surface area contributed by atoms with Crippen molar-refractivity contribution in [2.45, 2.75) is 484 Å². The second-order valence-corrected chi connectivity index (χ2v) is 54.9. The summed E-state index contributed by atoms with van der Waals surface area (Å²) in [5, 5.41) is 0.859. The predicted molar refractivity (Wildman–Crippen MR) is 534 cm³/mol. The van der Waals surface area contributed by atoms with Crippen molar-refractivity contribution in [1.82, 2.24) is 0 Å². The Bertz CT molecular complexity index is 2340. The van der Waals surface area contributed by atoms with Crippen LogP contribution in [0, 0.1) is 157 Å². The second-order valence-electron chi connectivity index (χ2n) is 49.2. The Morgan fingerprint density at radius 3 is 0.841 bits per heavy atom. The minimum Gasteiger partial charge on any atom is -0.179 e. The number of rotatable bonds is 46. The molecule has 5 saturated carbocycles. The summed E-state index contributed by atoms with van der Waals surface area (Å²) in [4.78, 5) is 0. The van der Waals surface area contributed by atoms with Gasteiger partial charge < -0.3 is 0 Å². The molecule has 0 nitrogen and oxygen atoms in total. The van der Waals surface area contributed by atoms with Gasteiger partial charge in [0.15, 0.2) is 0 Å². The first-order valence-corrected chi connectivity index (χ1v) is 54.4. The molecule has 0 aliphatic heterocycles. The van der Waals surface area contributed by atoms with E-state index in [0.29, 0.717) is 43.3 Å². The van der Waals surface area contributed by atoms with Gasteiger partial charge in [-0.25, -0.2) is 0 Å². The van der Waals surface area contributed by atoms with Crippen LogP contribution < -0.4 is 0 Å². The summed E-state index contributed by atoms with van der Waals surface area (Å²) in [7, 11) is 0. The molecule has 5 rings (SSSR count). The lowest BCUT2D eigenvalue weighted by atomic mass is 9.67. The first-order valence-electron chi connectivity index (χ1n) is 49.3. The molecule has 6 heteroatoms. The summed E-state index contributed by atoms with van der Waals surface area (Å²) >= 11 is 20.5. The highest BCUT2D eigenvalue weighted by Gasteiger charge is 2.38. The zero-order chi connectivity index (χ0) is 84.5. The van der Waals surface area contributed by atoms with Gasteiger partial charge in [-0.05, 0) is 398 Å². The van der Waals surface area contributed by atoms with Crippen LogP contribution >= 0.6 is 73.2 Å². The van der Waals surface area contributed by atoms with Crippen LogP contribution in [0.25, 0.3) is 0 Å². The molecule has 5 aliphatic carbocycles. The van der Waals surface area contributed by atoms with Crippen LogP contribution in [0.3, 0.4) is 0 Å². The lowest BCUT2D eigenvalue weighted by molar-refractivity contribution is 0.127. The summed E-state index contributed by atoms with van der Waals surface area (Å²) in [5.74, 6) is 26.6. The van der Waals surface area contributed by atoms with E-state index >= 15 is 0 Å². The zero-order valence-corrected chi connectivity index (χ0v) is 85.9. The van der Waals surface area contributed by atoms with Gasteiger partial charge in [0.1, 0.15) is 0 Å². The molecule has 0 aromatic heterocycles. The van der Waals surface area contributed by atoms with Crippen molar-refractivity contribution >= 4 is 73.2 Å². The van der Waals surface area contributed by atoms with E-state index in [2.05, 4.69) is 251 Å². The number of thioether (sulfide) groups is 3. The van der Waals surface area contributed by atoms with E-state index in [0.717, 1.165) is 135 Å². The number of terminal acetylenes is 2. The average Bonchev–Trinajstić information content (AvgIpc) is 0.870. The summed E-state index contributed by atoms with van der Waals surface area (Å²) in [6.45, 7) is 59.7. The molecule has 666 valence electrons. The summed E-state index contributed by atoms with van der Waals surface area (Å²) in [6, 6.07) is 0. The molecule has 0 N–H and O–H groups in total. The van der Waals surface area contributed by atoms with E-state index in [1.807, 2.05) is 0 Å². The van der Waals surface area contributed by atoms with Gasteiger partial charge in [0, 0.05) is 18.1 Å². The second kappa shape index (κ2) is 56.2. The fraction of sp³-hybridized carbons (Fsp3) is 0.963. The first kappa shape index (κ1) is 108. The number of hydrogen-bond donors (Lipinski definition) is 3. The molecule has 0 saturated heterocycles. The molecule has 0 amide bonds. The van der Waals surface area contributed by atoms with Crippen molar-refractivity contribution in [2.24, 2.45) is 132 Å². The van der Waals surface area contributed by atoms with E-state index in [-0.39, 0.29) is 0 Å². The molecule has 0 aromatic rings. The zero-order valence-electron chi connectivity index (χ0n) is 80.7. The molecule has 113 heavy (non-hydrogen) atoms. The Kier molecular flexibility index (Phi) is 54.0. The molecule has 16 unspecified atom stereocenters. The highest BCUT2D eigenvalue weighted by Crippen LogP contribution is 2.50. The number of thiol groups is 3. The maximum Gasteiger partial charge on any atom is 0.0502 e. The highest BCUT2D eigenvalue weighted by molar-refractivity contribution is 8.17. The maximum absolute atomic E-state index is 4.95. The van der Waals surface area contributed by atoms with Gasteiger partial charge in [0.2, 0.25) is 0 Å². The molecular formula is C107H202S6.